The molecule has 8 nitrogen and oxygen atoms in total. The summed E-state index contributed by atoms with van der Waals surface area (Å²) in [5.41, 5.74) is -2.47. The van der Waals surface area contributed by atoms with E-state index in [4.69, 9.17) is 4.74 Å². The minimum atomic E-state index is -5.02. The van der Waals surface area contributed by atoms with Gasteiger partial charge in [0, 0.05) is 35.8 Å². The first kappa shape index (κ1) is 28.1. The molecule has 2 N–H and O–H groups in total. The van der Waals surface area contributed by atoms with Crippen LogP contribution >= 0.6 is 0 Å². The number of rotatable bonds is 7. The molecular weight excluding hydrogens is 573 g/mol. The number of nitrogens with zero attached hydrogens (tertiary/aromatic N) is 4. The summed E-state index contributed by atoms with van der Waals surface area (Å²) < 4.78 is 102. The van der Waals surface area contributed by atoms with Crippen LogP contribution in [-0.2, 0) is 6.18 Å². The van der Waals surface area contributed by atoms with Gasteiger partial charge in [-0.3, -0.25) is 4.79 Å². The van der Waals surface area contributed by atoms with Crippen LogP contribution in [0.5, 0.6) is 11.6 Å². The first-order chi connectivity index (χ1) is 20.0. The average Bonchev–Trinajstić information content (AvgIpc) is 3.39. The van der Waals surface area contributed by atoms with E-state index in [-0.39, 0.29) is 34.6 Å². The first-order valence-corrected chi connectivity index (χ1v) is 11.7. The number of halogens is 7. The quantitative estimate of drug-likeness (QED) is 0.199. The highest BCUT2D eigenvalue weighted by Crippen LogP contribution is 2.34. The Morgan fingerprint density at radius 2 is 1.55 bits per heavy atom. The van der Waals surface area contributed by atoms with Gasteiger partial charge >= 0.3 is 6.18 Å². The SMILES string of the molecule is O=C(Nc1ccc(Oc2ccnc(Nc3ccc(F)c(F)c3)n2)c(F)c1)c1cnn(-c2ccc(F)cc2)c1C(F)(F)F. The van der Waals surface area contributed by atoms with Crippen molar-refractivity contribution in [2.45, 2.75) is 6.18 Å². The van der Waals surface area contributed by atoms with Gasteiger partial charge in [0.15, 0.2) is 28.9 Å². The molecule has 2 heterocycles. The van der Waals surface area contributed by atoms with Gasteiger partial charge in [0.05, 0.1) is 17.4 Å². The molecule has 0 unspecified atom stereocenters. The number of carbonyl (C=O) groups is 1. The Bertz CT molecular complexity index is 1770. The second kappa shape index (κ2) is 11.2. The van der Waals surface area contributed by atoms with Gasteiger partial charge in [-0.2, -0.15) is 23.3 Å². The Morgan fingerprint density at radius 1 is 0.833 bits per heavy atom. The number of hydrogen-bond donors (Lipinski definition) is 2. The molecule has 0 spiro atoms. The Kier molecular flexibility index (Phi) is 7.48. The Hall–Kier alpha value is -5.47. The lowest BCUT2D eigenvalue weighted by Crippen LogP contribution is -2.20. The summed E-state index contributed by atoms with van der Waals surface area (Å²) in [5.74, 6) is -5.63. The minimum Gasteiger partial charge on any atom is -0.436 e. The topological polar surface area (TPSA) is 94.0 Å². The molecule has 0 saturated carbocycles. The molecule has 0 aliphatic rings. The maximum absolute atomic E-state index is 14.8. The average molecular weight is 588 g/mol. The van der Waals surface area contributed by atoms with E-state index >= 15 is 0 Å². The summed E-state index contributed by atoms with van der Waals surface area (Å²) in [5, 5.41) is 8.45. The molecule has 1 amide bonds. The van der Waals surface area contributed by atoms with Crippen LogP contribution in [0.25, 0.3) is 5.69 Å². The summed E-state index contributed by atoms with van der Waals surface area (Å²) in [7, 11) is 0. The molecule has 0 fully saturated rings. The molecule has 0 aliphatic heterocycles. The molecule has 214 valence electrons. The first-order valence-electron chi connectivity index (χ1n) is 11.7. The van der Waals surface area contributed by atoms with E-state index in [2.05, 4.69) is 25.7 Å². The molecule has 0 bridgehead atoms. The molecule has 5 rings (SSSR count). The van der Waals surface area contributed by atoms with Crippen LogP contribution in [0.4, 0.5) is 48.1 Å². The zero-order valence-corrected chi connectivity index (χ0v) is 20.8. The molecule has 3 aromatic carbocycles. The summed E-state index contributed by atoms with van der Waals surface area (Å²) in [4.78, 5) is 20.7. The number of carbonyl (C=O) groups excluding carboxylic acids is 1. The fraction of sp³-hybridized carbons (Fsp3) is 0.0370. The number of ether oxygens (including phenoxy) is 1. The highest BCUT2D eigenvalue weighted by molar-refractivity contribution is 6.05. The van der Waals surface area contributed by atoms with Gasteiger partial charge in [0.25, 0.3) is 5.91 Å². The second-order valence-electron chi connectivity index (χ2n) is 8.47. The smallest absolute Gasteiger partial charge is 0.434 e. The molecule has 15 heteroatoms. The third kappa shape index (κ3) is 6.14. The second-order valence-corrected chi connectivity index (χ2v) is 8.47. The van der Waals surface area contributed by atoms with Crippen molar-refractivity contribution in [3.05, 3.63) is 114 Å². The number of nitrogens with one attached hydrogen (secondary N) is 2. The Labute approximate surface area is 231 Å². The van der Waals surface area contributed by atoms with Crippen LogP contribution in [0.1, 0.15) is 16.1 Å². The van der Waals surface area contributed by atoms with Crippen molar-refractivity contribution in [2.24, 2.45) is 0 Å². The summed E-state index contributed by atoms with van der Waals surface area (Å²) in [6.45, 7) is 0. The lowest BCUT2D eigenvalue weighted by molar-refractivity contribution is -0.143. The largest absolute Gasteiger partial charge is 0.436 e. The number of amides is 1. The van der Waals surface area contributed by atoms with E-state index in [1.165, 1.54) is 24.4 Å². The van der Waals surface area contributed by atoms with Crippen molar-refractivity contribution in [1.82, 2.24) is 19.7 Å². The van der Waals surface area contributed by atoms with Gasteiger partial charge < -0.3 is 15.4 Å². The summed E-state index contributed by atoms with van der Waals surface area (Å²) in [6, 6.07) is 11.4. The van der Waals surface area contributed by atoms with Gasteiger partial charge in [0.1, 0.15) is 5.82 Å². The number of anilines is 3. The molecule has 0 aliphatic carbocycles. The fourth-order valence-corrected chi connectivity index (χ4v) is 3.70. The molecule has 2 aromatic heterocycles. The number of aromatic nitrogens is 4. The van der Waals surface area contributed by atoms with Crippen LogP contribution in [-0.4, -0.2) is 25.7 Å². The van der Waals surface area contributed by atoms with Crippen LogP contribution in [0.2, 0.25) is 0 Å². The maximum Gasteiger partial charge on any atom is 0.434 e. The predicted octanol–water partition coefficient (Wildman–Crippen LogP) is 7.03. The van der Waals surface area contributed by atoms with Crippen LogP contribution in [0.3, 0.4) is 0 Å². The molecule has 42 heavy (non-hydrogen) atoms. The molecule has 0 atom stereocenters. The van der Waals surface area contributed by atoms with Gasteiger partial charge in [-0.1, -0.05) is 0 Å². The van der Waals surface area contributed by atoms with E-state index in [0.29, 0.717) is 10.9 Å². The zero-order chi connectivity index (χ0) is 30.0. The van der Waals surface area contributed by atoms with Crippen molar-refractivity contribution in [2.75, 3.05) is 10.6 Å². The number of benzene rings is 3. The lowest BCUT2D eigenvalue weighted by Gasteiger charge is -2.13. The Balaban J connectivity index is 1.32. The van der Waals surface area contributed by atoms with Crippen molar-refractivity contribution in [1.29, 1.82) is 0 Å². The van der Waals surface area contributed by atoms with Gasteiger partial charge in [-0.25, -0.2) is 27.2 Å². The van der Waals surface area contributed by atoms with Crippen LogP contribution in [0.15, 0.2) is 79.1 Å². The van der Waals surface area contributed by atoms with Crippen LogP contribution in [0, 0.1) is 23.3 Å². The van der Waals surface area contributed by atoms with Gasteiger partial charge in [-0.05, 0) is 48.5 Å². The van der Waals surface area contributed by atoms with E-state index in [9.17, 15) is 35.5 Å². The zero-order valence-electron chi connectivity index (χ0n) is 20.8. The third-order valence-electron chi connectivity index (χ3n) is 5.56. The van der Waals surface area contributed by atoms with E-state index in [0.717, 1.165) is 48.5 Å². The minimum absolute atomic E-state index is 0.0792. The van der Waals surface area contributed by atoms with E-state index < -0.39 is 46.6 Å². The van der Waals surface area contributed by atoms with Crippen molar-refractivity contribution in [3.8, 4) is 17.3 Å². The number of alkyl halides is 3. The highest BCUT2D eigenvalue weighted by atomic mass is 19.4. The monoisotopic (exact) mass is 588 g/mol. The van der Waals surface area contributed by atoms with E-state index in [1.54, 1.807) is 0 Å². The van der Waals surface area contributed by atoms with Crippen molar-refractivity contribution in [3.63, 3.8) is 0 Å². The van der Waals surface area contributed by atoms with Crippen molar-refractivity contribution < 1.29 is 40.3 Å². The van der Waals surface area contributed by atoms with Crippen LogP contribution < -0.4 is 15.4 Å². The lowest BCUT2D eigenvalue weighted by atomic mass is 10.2. The predicted molar refractivity (Wildman–Crippen MR) is 135 cm³/mol. The van der Waals surface area contributed by atoms with Gasteiger partial charge in [0.2, 0.25) is 11.8 Å². The fourth-order valence-electron chi connectivity index (χ4n) is 3.70. The molecular formula is C27H15F7N6O2. The maximum atomic E-state index is 14.8. The third-order valence-corrected chi connectivity index (χ3v) is 5.56. The normalized spacial score (nSPS) is 11.3. The van der Waals surface area contributed by atoms with E-state index in [1.807, 2.05) is 0 Å². The van der Waals surface area contributed by atoms with Gasteiger partial charge in [-0.15, -0.1) is 0 Å². The summed E-state index contributed by atoms with van der Waals surface area (Å²) in [6.07, 6.45) is -3.07. The molecule has 0 radical (unpaired) electrons. The number of hydrogen-bond acceptors (Lipinski definition) is 6. The van der Waals surface area contributed by atoms with Crippen molar-refractivity contribution >= 4 is 23.2 Å². The standard InChI is InChI=1S/C27H15F7N6O2/c28-14-1-5-17(6-2-14)40-24(27(32,33)34)18(13-36-40)25(41)37-15-4-8-22(21(31)12-15)42-23-9-10-35-26(39-23)38-16-3-7-19(29)20(30)11-16/h1-13H,(H,37,41)(H,35,38,39). The highest BCUT2D eigenvalue weighted by Gasteiger charge is 2.40. The molecule has 0 saturated heterocycles. The molecule has 5 aromatic rings. The Morgan fingerprint density at radius 3 is 2.24 bits per heavy atom. The summed E-state index contributed by atoms with van der Waals surface area (Å²) >= 11 is 0.